The van der Waals surface area contributed by atoms with Crippen molar-refractivity contribution in [1.29, 1.82) is 0 Å². The van der Waals surface area contributed by atoms with Gasteiger partial charge >= 0.3 is 0 Å². The molecule has 0 spiro atoms. The van der Waals surface area contributed by atoms with Gasteiger partial charge in [-0.25, -0.2) is 13.1 Å². The molecule has 1 aromatic heterocycles. The molecule has 2 rings (SSSR count). The zero-order valence-corrected chi connectivity index (χ0v) is 15.1. The topological polar surface area (TPSA) is 72.2 Å². The summed E-state index contributed by atoms with van der Waals surface area (Å²) in [5.74, 6) is 0. The van der Waals surface area contributed by atoms with E-state index in [9.17, 15) is 8.42 Å². The molecule has 1 heterocycles. The Morgan fingerprint density at radius 1 is 1.48 bits per heavy atom. The highest BCUT2D eigenvalue weighted by atomic mass is 79.9. The largest absolute Gasteiger partial charge is 0.398 e. The van der Waals surface area contributed by atoms with Gasteiger partial charge in [-0.15, -0.1) is 0 Å². The highest BCUT2D eigenvalue weighted by Crippen LogP contribution is 2.31. The Labute approximate surface area is 141 Å². The monoisotopic (exact) mass is 408 g/mol. The zero-order chi connectivity index (χ0) is 15.6. The first kappa shape index (κ1) is 16.8. The number of nitrogens with two attached hydrogens (primary N) is 1. The maximum atomic E-state index is 12.4. The van der Waals surface area contributed by atoms with Crippen LogP contribution in [0, 0.1) is 0 Å². The Bertz CT molecular complexity index is 733. The van der Waals surface area contributed by atoms with Gasteiger partial charge in [0.2, 0.25) is 10.0 Å². The number of rotatable bonds is 5. The number of nitrogen functional groups attached to an aromatic ring is 1. The third-order valence-electron chi connectivity index (χ3n) is 2.80. The number of benzene rings is 1. The molecule has 0 aliphatic carbocycles. The molecule has 0 saturated carbocycles. The minimum absolute atomic E-state index is 0.0460. The fraction of sp³-hybridized carbons (Fsp3) is 0.231. The van der Waals surface area contributed by atoms with Crippen LogP contribution in [0.2, 0.25) is 5.02 Å². The van der Waals surface area contributed by atoms with Gasteiger partial charge in [0.1, 0.15) is 0 Å². The van der Waals surface area contributed by atoms with Gasteiger partial charge in [-0.05, 0) is 63.8 Å². The van der Waals surface area contributed by atoms with E-state index in [0.29, 0.717) is 10.9 Å². The van der Waals surface area contributed by atoms with E-state index in [1.165, 1.54) is 12.1 Å². The standard InChI is InChI=1S/C13H14BrClN2O2S2/c1-8(4-9-2-3-20-7-9)17-21(18,19)12-6-10(15)5-11(16)13(12)14/h2-3,5-8,17H,4,16H2,1H3. The van der Waals surface area contributed by atoms with E-state index in [1.807, 2.05) is 23.8 Å². The number of nitrogens with one attached hydrogen (secondary N) is 1. The molecule has 1 aromatic carbocycles. The lowest BCUT2D eigenvalue weighted by atomic mass is 10.1. The van der Waals surface area contributed by atoms with E-state index in [2.05, 4.69) is 20.7 Å². The van der Waals surface area contributed by atoms with Gasteiger partial charge in [0.25, 0.3) is 0 Å². The maximum absolute atomic E-state index is 12.4. The fourth-order valence-electron chi connectivity index (χ4n) is 1.91. The van der Waals surface area contributed by atoms with Crippen LogP contribution in [0.4, 0.5) is 5.69 Å². The quantitative estimate of drug-likeness (QED) is 0.740. The maximum Gasteiger partial charge on any atom is 0.242 e. The van der Waals surface area contributed by atoms with Crippen molar-refractivity contribution in [3.05, 3.63) is 44.0 Å². The van der Waals surface area contributed by atoms with E-state index in [0.717, 1.165) is 5.56 Å². The van der Waals surface area contributed by atoms with Crippen molar-refractivity contribution in [2.24, 2.45) is 0 Å². The Hall–Kier alpha value is -0.600. The summed E-state index contributed by atoms with van der Waals surface area (Å²) in [6.45, 7) is 1.82. The van der Waals surface area contributed by atoms with Crippen LogP contribution >= 0.6 is 38.9 Å². The number of hydrogen-bond donors (Lipinski definition) is 2. The highest BCUT2D eigenvalue weighted by molar-refractivity contribution is 9.10. The molecule has 0 radical (unpaired) electrons. The van der Waals surface area contributed by atoms with E-state index >= 15 is 0 Å². The SMILES string of the molecule is CC(Cc1ccsc1)NS(=O)(=O)c1cc(Cl)cc(N)c1Br. The molecule has 21 heavy (non-hydrogen) atoms. The Morgan fingerprint density at radius 3 is 2.81 bits per heavy atom. The average Bonchev–Trinajstić information content (AvgIpc) is 2.85. The Balaban J connectivity index is 2.22. The van der Waals surface area contributed by atoms with Crippen LogP contribution in [0.15, 0.2) is 38.3 Å². The molecule has 1 atom stereocenters. The van der Waals surface area contributed by atoms with Crippen molar-refractivity contribution in [3.8, 4) is 0 Å². The normalized spacial score (nSPS) is 13.3. The lowest BCUT2D eigenvalue weighted by molar-refractivity contribution is 0.559. The Kier molecular flexibility index (Phi) is 5.32. The molecule has 1 unspecified atom stereocenters. The molecule has 0 bridgehead atoms. The minimum atomic E-state index is -3.70. The van der Waals surface area contributed by atoms with Gasteiger partial charge in [0, 0.05) is 16.8 Å². The van der Waals surface area contributed by atoms with Crippen molar-refractivity contribution >= 4 is 54.6 Å². The van der Waals surface area contributed by atoms with Crippen molar-refractivity contribution in [1.82, 2.24) is 4.72 Å². The molecule has 114 valence electrons. The molecule has 4 nitrogen and oxygen atoms in total. The molecular formula is C13H14BrClN2O2S2. The van der Waals surface area contributed by atoms with Crippen LogP contribution in [0.3, 0.4) is 0 Å². The molecule has 0 aliphatic rings. The second-order valence-electron chi connectivity index (χ2n) is 4.67. The smallest absolute Gasteiger partial charge is 0.242 e. The molecular weight excluding hydrogens is 396 g/mol. The van der Waals surface area contributed by atoms with Gasteiger partial charge < -0.3 is 5.73 Å². The third kappa shape index (κ3) is 4.20. The number of thiophene rings is 1. The van der Waals surface area contributed by atoms with Gasteiger partial charge in [-0.3, -0.25) is 0 Å². The van der Waals surface area contributed by atoms with Crippen molar-refractivity contribution in [3.63, 3.8) is 0 Å². The summed E-state index contributed by atoms with van der Waals surface area (Å²) in [4.78, 5) is 0.0460. The first-order valence-corrected chi connectivity index (χ1v) is 9.67. The van der Waals surface area contributed by atoms with Crippen molar-refractivity contribution in [2.75, 3.05) is 5.73 Å². The summed E-state index contributed by atoms with van der Waals surface area (Å²) in [6, 6.07) is 4.61. The molecule has 0 fully saturated rings. The zero-order valence-electron chi connectivity index (χ0n) is 11.1. The summed E-state index contributed by atoms with van der Waals surface area (Å²) in [6.07, 6.45) is 0.621. The average molecular weight is 410 g/mol. The van der Waals surface area contributed by atoms with Crippen LogP contribution in [0.1, 0.15) is 12.5 Å². The fourth-order valence-corrected chi connectivity index (χ4v) is 5.13. The lowest BCUT2D eigenvalue weighted by Crippen LogP contribution is -2.34. The summed E-state index contributed by atoms with van der Waals surface area (Å²) < 4.78 is 27.8. The molecule has 8 heteroatoms. The van der Waals surface area contributed by atoms with Gasteiger partial charge in [0.05, 0.1) is 9.37 Å². The predicted molar refractivity (Wildman–Crippen MR) is 91.4 cm³/mol. The van der Waals surface area contributed by atoms with E-state index in [-0.39, 0.29) is 21.6 Å². The van der Waals surface area contributed by atoms with Crippen LogP contribution in [-0.4, -0.2) is 14.5 Å². The first-order chi connectivity index (χ1) is 9.79. The van der Waals surface area contributed by atoms with Crippen LogP contribution in [0.25, 0.3) is 0 Å². The third-order valence-corrected chi connectivity index (χ3v) is 6.51. The van der Waals surface area contributed by atoms with Gasteiger partial charge in [-0.2, -0.15) is 11.3 Å². The van der Waals surface area contributed by atoms with Gasteiger partial charge in [0.15, 0.2) is 0 Å². The summed E-state index contributed by atoms with van der Waals surface area (Å²) >= 11 is 10.7. The highest BCUT2D eigenvalue weighted by Gasteiger charge is 2.22. The molecule has 0 aliphatic heterocycles. The number of halogens is 2. The van der Waals surface area contributed by atoms with Crippen LogP contribution in [0.5, 0.6) is 0 Å². The number of anilines is 1. The number of sulfonamides is 1. The number of hydrogen-bond acceptors (Lipinski definition) is 4. The Morgan fingerprint density at radius 2 is 2.19 bits per heavy atom. The van der Waals surface area contributed by atoms with E-state index < -0.39 is 10.0 Å². The second kappa shape index (κ2) is 6.66. The summed E-state index contributed by atoms with van der Waals surface area (Å²) in [5.41, 5.74) is 7.12. The predicted octanol–water partition coefficient (Wildman–Crippen LogP) is 3.66. The summed E-state index contributed by atoms with van der Waals surface area (Å²) in [7, 11) is -3.70. The molecule has 0 saturated heterocycles. The van der Waals surface area contributed by atoms with Gasteiger partial charge in [-0.1, -0.05) is 11.6 Å². The van der Waals surface area contributed by atoms with Crippen LogP contribution in [-0.2, 0) is 16.4 Å². The molecule has 2 aromatic rings. The van der Waals surface area contributed by atoms with E-state index in [4.69, 9.17) is 17.3 Å². The van der Waals surface area contributed by atoms with Crippen molar-refractivity contribution < 1.29 is 8.42 Å². The van der Waals surface area contributed by atoms with E-state index in [1.54, 1.807) is 11.3 Å². The first-order valence-electron chi connectivity index (χ1n) is 6.07. The van der Waals surface area contributed by atoms with Crippen LogP contribution < -0.4 is 10.5 Å². The molecule has 0 amide bonds. The minimum Gasteiger partial charge on any atom is -0.398 e. The lowest BCUT2D eigenvalue weighted by Gasteiger charge is -2.15. The van der Waals surface area contributed by atoms with Crippen molar-refractivity contribution in [2.45, 2.75) is 24.3 Å². The molecule has 3 N–H and O–H groups in total. The second-order valence-corrected chi connectivity index (χ2v) is 8.36. The summed E-state index contributed by atoms with van der Waals surface area (Å²) in [5, 5.41) is 4.24.